The molecule has 0 saturated carbocycles. The third-order valence-corrected chi connectivity index (χ3v) is 6.28. The summed E-state index contributed by atoms with van der Waals surface area (Å²) in [5.41, 5.74) is 1.96. The van der Waals surface area contributed by atoms with Crippen molar-refractivity contribution in [3.05, 3.63) is 69.7 Å². The van der Waals surface area contributed by atoms with E-state index in [9.17, 15) is 9.59 Å². The number of carbonyl (C=O) groups excluding carboxylic acids is 2. The zero-order valence-corrected chi connectivity index (χ0v) is 20.3. The summed E-state index contributed by atoms with van der Waals surface area (Å²) in [5, 5.41) is 4.35. The van der Waals surface area contributed by atoms with Gasteiger partial charge >= 0.3 is 5.97 Å². The van der Waals surface area contributed by atoms with Gasteiger partial charge in [-0.1, -0.05) is 59.6 Å². The molecule has 2 aromatic carbocycles. The number of hydrogen-bond acceptors (Lipinski definition) is 6. The van der Waals surface area contributed by atoms with Gasteiger partial charge in [0.2, 0.25) is 0 Å². The molecule has 178 valence electrons. The predicted octanol–water partition coefficient (Wildman–Crippen LogP) is 4.09. The van der Waals surface area contributed by atoms with Gasteiger partial charge in [-0.2, -0.15) is 0 Å². The van der Waals surface area contributed by atoms with Gasteiger partial charge in [-0.3, -0.25) is 9.69 Å². The summed E-state index contributed by atoms with van der Waals surface area (Å²) in [5.74, 6) is -0.258. The topological polar surface area (TPSA) is 67.9 Å². The van der Waals surface area contributed by atoms with Crippen LogP contribution in [0.2, 0.25) is 10.0 Å². The molecule has 0 spiro atoms. The quantitative estimate of drug-likeness (QED) is 0.450. The summed E-state index contributed by atoms with van der Waals surface area (Å²) in [6.07, 6.45) is 1.15. The highest BCUT2D eigenvalue weighted by molar-refractivity contribution is 6.42. The van der Waals surface area contributed by atoms with Crippen molar-refractivity contribution in [3.8, 4) is 0 Å². The second-order valence-electron chi connectivity index (χ2n) is 8.09. The van der Waals surface area contributed by atoms with Crippen LogP contribution in [0, 0.1) is 0 Å². The summed E-state index contributed by atoms with van der Waals surface area (Å²) in [4.78, 5) is 26.5. The van der Waals surface area contributed by atoms with Gasteiger partial charge in [-0.25, -0.2) is 4.79 Å². The van der Waals surface area contributed by atoms with E-state index in [-0.39, 0.29) is 37.0 Å². The van der Waals surface area contributed by atoms with Crippen LogP contribution in [0.25, 0.3) is 0 Å². The lowest BCUT2D eigenvalue weighted by atomic mass is 10.1. The first-order chi connectivity index (χ1) is 15.9. The zero-order chi connectivity index (χ0) is 23.6. The first-order valence-electron chi connectivity index (χ1n) is 11.2. The number of benzene rings is 2. The smallest absolute Gasteiger partial charge is 0.332 e. The molecule has 1 heterocycles. The summed E-state index contributed by atoms with van der Waals surface area (Å²) in [6, 6.07) is 15.4. The van der Waals surface area contributed by atoms with Crippen molar-refractivity contribution in [2.45, 2.75) is 31.9 Å². The molecule has 1 aliphatic heterocycles. The van der Waals surface area contributed by atoms with Crippen molar-refractivity contribution < 1.29 is 19.1 Å². The highest BCUT2D eigenvalue weighted by atomic mass is 35.5. The number of nitrogens with one attached hydrogen (secondary N) is 1. The Morgan fingerprint density at radius 3 is 2.67 bits per heavy atom. The van der Waals surface area contributed by atoms with Gasteiger partial charge in [0.25, 0.3) is 0 Å². The normalized spacial score (nSPS) is 17.1. The van der Waals surface area contributed by atoms with Crippen LogP contribution >= 0.6 is 23.2 Å². The van der Waals surface area contributed by atoms with Crippen LogP contribution in [-0.2, 0) is 25.5 Å². The van der Waals surface area contributed by atoms with Crippen molar-refractivity contribution in [1.82, 2.24) is 10.2 Å². The van der Waals surface area contributed by atoms with Gasteiger partial charge in [-0.15, -0.1) is 0 Å². The SMILES string of the molecule is CCOC(=O)COC1CCN(CC(NCC(=O)Cc2ccc(Cl)c(Cl)c2)c2ccccc2)C1. The van der Waals surface area contributed by atoms with Crippen LogP contribution in [0.3, 0.4) is 0 Å². The molecule has 6 nitrogen and oxygen atoms in total. The number of esters is 1. The molecule has 1 N–H and O–H groups in total. The molecule has 0 amide bonds. The van der Waals surface area contributed by atoms with Crippen LogP contribution in [0.1, 0.15) is 30.5 Å². The first-order valence-corrected chi connectivity index (χ1v) is 11.9. The lowest BCUT2D eigenvalue weighted by Gasteiger charge is -2.25. The maximum Gasteiger partial charge on any atom is 0.332 e. The van der Waals surface area contributed by atoms with Crippen molar-refractivity contribution >= 4 is 35.0 Å². The van der Waals surface area contributed by atoms with Crippen molar-refractivity contribution in [1.29, 1.82) is 0 Å². The summed E-state index contributed by atoms with van der Waals surface area (Å²) < 4.78 is 10.6. The number of ether oxygens (including phenoxy) is 2. The minimum Gasteiger partial charge on any atom is -0.464 e. The lowest BCUT2D eigenvalue weighted by molar-refractivity contribution is -0.150. The Bertz CT molecular complexity index is 926. The summed E-state index contributed by atoms with van der Waals surface area (Å²) in [6.45, 7) is 4.71. The van der Waals surface area contributed by atoms with Crippen LogP contribution < -0.4 is 5.32 Å². The van der Waals surface area contributed by atoms with Gasteiger partial charge in [0.05, 0.1) is 29.3 Å². The predicted molar refractivity (Wildman–Crippen MR) is 130 cm³/mol. The maximum absolute atomic E-state index is 12.6. The molecule has 1 fully saturated rings. The van der Waals surface area contributed by atoms with E-state index in [4.69, 9.17) is 32.7 Å². The highest BCUT2D eigenvalue weighted by Gasteiger charge is 2.26. The maximum atomic E-state index is 12.6. The number of carbonyl (C=O) groups is 2. The minimum atomic E-state index is -0.333. The van der Waals surface area contributed by atoms with Crippen molar-refractivity contribution in [2.24, 2.45) is 0 Å². The van der Waals surface area contributed by atoms with Gasteiger partial charge in [0.15, 0.2) is 5.78 Å². The highest BCUT2D eigenvalue weighted by Crippen LogP contribution is 2.23. The van der Waals surface area contributed by atoms with Gasteiger partial charge in [0.1, 0.15) is 6.61 Å². The zero-order valence-electron chi connectivity index (χ0n) is 18.8. The molecule has 0 radical (unpaired) electrons. The Balaban J connectivity index is 1.53. The molecular weight excluding hydrogens is 463 g/mol. The number of likely N-dealkylation sites (tertiary alicyclic amines) is 1. The number of Topliss-reactive ketones (excluding diaryl/α,β-unsaturated/α-hetero) is 1. The van der Waals surface area contributed by atoms with E-state index in [1.54, 1.807) is 19.1 Å². The van der Waals surface area contributed by atoms with E-state index in [2.05, 4.69) is 22.3 Å². The molecular formula is C25H30Cl2N2O4. The minimum absolute atomic E-state index is 0.00196. The first kappa shape index (κ1) is 25.7. The molecule has 0 aromatic heterocycles. The molecule has 0 bridgehead atoms. The molecule has 0 aliphatic carbocycles. The monoisotopic (exact) mass is 492 g/mol. The summed E-state index contributed by atoms with van der Waals surface area (Å²) in [7, 11) is 0. The lowest BCUT2D eigenvalue weighted by Crippen LogP contribution is -2.37. The van der Waals surface area contributed by atoms with Crippen molar-refractivity contribution in [2.75, 3.05) is 39.4 Å². The fourth-order valence-corrected chi connectivity index (χ4v) is 4.22. The van der Waals surface area contributed by atoms with Crippen LogP contribution in [0.5, 0.6) is 0 Å². The fourth-order valence-electron chi connectivity index (χ4n) is 3.90. The average molecular weight is 493 g/mol. The molecule has 2 aromatic rings. The molecule has 2 unspecified atom stereocenters. The Labute approximate surface area is 205 Å². The number of nitrogens with zero attached hydrogens (tertiary/aromatic N) is 1. The molecule has 2 atom stereocenters. The fraction of sp³-hybridized carbons (Fsp3) is 0.440. The third kappa shape index (κ3) is 8.40. The number of rotatable bonds is 12. The number of halogens is 2. The number of ketones is 1. The largest absolute Gasteiger partial charge is 0.464 e. The Morgan fingerprint density at radius 2 is 1.94 bits per heavy atom. The molecule has 1 aliphatic rings. The van der Waals surface area contributed by atoms with Crippen molar-refractivity contribution in [3.63, 3.8) is 0 Å². The van der Waals surface area contributed by atoms with E-state index >= 15 is 0 Å². The second-order valence-corrected chi connectivity index (χ2v) is 8.91. The van der Waals surface area contributed by atoms with Gasteiger partial charge in [-0.05, 0) is 36.6 Å². The van der Waals surface area contributed by atoms with E-state index in [0.717, 1.165) is 37.2 Å². The third-order valence-electron chi connectivity index (χ3n) is 5.54. The van der Waals surface area contributed by atoms with E-state index < -0.39 is 0 Å². The Kier molecular flexibility index (Phi) is 10.2. The Morgan fingerprint density at radius 1 is 1.15 bits per heavy atom. The average Bonchev–Trinajstić information content (AvgIpc) is 3.26. The van der Waals surface area contributed by atoms with E-state index in [1.165, 1.54) is 0 Å². The van der Waals surface area contributed by atoms with Gasteiger partial charge < -0.3 is 14.8 Å². The second kappa shape index (κ2) is 13.1. The Hall–Kier alpha value is -1.96. The molecule has 1 saturated heterocycles. The number of hydrogen-bond donors (Lipinski definition) is 1. The standard InChI is InChI=1S/C25H30Cl2N2O4/c1-2-32-25(31)17-33-21-10-11-29(15-21)16-24(19-6-4-3-5-7-19)28-14-20(30)12-18-8-9-22(26)23(27)13-18/h3-9,13,21,24,28H,2,10-12,14-17H2,1H3. The van der Waals surface area contributed by atoms with Crippen LogP contribution in [-0.4, -0.2) is 62.1 Å². The molecule has 3 rings (SSSR count). The van der Waals surface area contributed by atoms with E-state index in [1.807, 2.05) is 24.3 Å². The van der Waals surface area contributed by atoms with Gasteiger partial charge in [0, 0.05) is 32.1 Å². The molecule has 33 heavy (non-hydrogen) atoms. The molecule has 8 heteroatoms. The van der Waals surface area contributed by atoms with E-state index in [0.29, 0.717) is 23.1 Å². The van der Waals surface area contributed by atoms with Crippen LogP contribution in [0.4, 0.5) is 0 Å². The summed E-state index contributed by atoms with van der Waals surface area (Å²) >= 11 is 12.0. The van der Waals surface area contributed by atoms with Crippen LogP contribution in [0.15, 0.2) is 48.5 Å².